The lowest BCUT2D eigenvalue weighted by Crippen LogP contribution is -3.08. The highest BCUT2D eigenvalue weighted by atomic mass is 79.9. The van der Waals surface area contributed by atoms with Crippen LogP contribution in [0.1, 0.15) is 0 Å². The van der Waals surface area contributed by atoms with E-state index >= 15 is 0 Å². The van der Waals surface area contributed by atoms with Crippen molar-refractivity contribution >= 4 is 15.9 Å². The fraction of sp³-hybridized carbons (Fsp3) is 1.00. The number of quaternary nitrogens is 1. The van der Waals surface area contributed by atoms with E-state index in [9.17, 15) is 0 Å². The van der Waals surface area contributed by atoms with Crippen molar-refractivity contribution in [3.8, 4) is 0 Å². The highest BCUT2D eigenvalue weighted by Gasteiger charge is 3.10. The number of hydrogen-bond acceptors (Lipinski definition) is 2. The molecule has 0 amide bonds. The Kier molecular flexibility index (Phi) is 0.802. The van der Waals surface area contributed by atoms with E-state index < -0.39 is 0 Å². The van der Waals surface area contributed by atoms with E-state index in [2.05, 4.69) is 21.7 Å². The van der Waals surface area contributed by atoms with Gasteiger partial charge < -0.3 is 15.2 Å². The molecular weight excluding hydrogens is 258 g/mol. The normalized spacial score (nSPS) is 82.0. The predicted octanol–water partition coefficient (Wildman–Crippen LogP) is -0.391. The van der Waals surface area contributed by atoms with Gasteiger partial charge in [0.05, 0.1) is 17.5 Å². The van der Waals surface area contributed by atoms with Gasteiger partial charge in [0.15, 0.2) is 5.79 Å². The SMILES string of the molecule is [NH3+]C12C3[C@@H]4[C@H]1C1[C@H]2[C@H]3C4(Br)C12OCCO2. The molecule has 7 aliphatic rings. The predicted molar refractivity (Wildman–Crippen MR) is 52.9 cm³/mol. The van der Waals surface area contributed by atoms with Crippen LogP contribution in [0.2, 0.25) is 0 Å². The van der Waals surface area contributed by atoms with Gasteiger partial charge in [-0.15, -0.1) is 0 Å². The number of halogens is 1. The zero-order chi connectivity index (χ0) is 9.79. The Bertz CT molecular complexity index is 412. The van der Waals surface area contributed by atoms with Crippen molar-refractivity contribution in [3.05, 3.63) is 0 Å². The van der Waals surface area contributed by atoms with Crippen molar-refractivity contribution in [1.29, 1.82) is 0 Å². The van der Waals surface area contributed by atoms with Gasteiger partial charge in [-0.1, -0.05) is 15.9 Å². The molecule has 3 N–H and O–H groups in total. The van der Waals surface area contributed by atoms with Crippen LogP contribution in [0, 0.1) is 35.5 Å². The molecule has 0 aromatic heterocycles. The van der Waals surface area contributed by atoms with Crippen LogP contribution in [-0.2, 0) is 9.47 Å². The highest BCUT2D eigenvalue weighted by molar-refractivity contribution is 9.10. The first-order valence-corrected chi connectivity index (χ1v) is 6.80. The number of rotatable bonds is 0. The third kappa shape index (κ3) is 0.357. The minimum atomic E-state index is -0.230. The van der Waals surface area contributed by atoms with E-state index in [0.717, 1.165) is 42.8 Å². The average Bonchev–Trinajstić information content (AvgIpc) is 2.78. The van der Waals surface area contributed by atoms with Gasteiger partial charge in [-0.25, -0.2) is 0 Å². The van der Waals surface area contributed by atoms with Gasteiger partial charge in [0, 0.05) is 23.7 Å². The van der Waals surface area contributed by atoms with Gasteiger partial charge >= 0.3 is 0 Å². The summed E-state index contributed by atoms with van der Waals surface area (Å²) in [7, 11) is 0. The molecule has 80 valence electrons. The van der Waals surface area contributed by atoms with Gasteiger partial charge in [0.25, 0.3) is 0 Å². The maximum Gasteiger partial charge on any atom is 0.188 e. The second kappa shape index (κ2) is 1.57. The van der Waals surface area contributed by atoms with Crippen molar-refractivity contribution in [2.75, 3.05) is 13.2 Å². The summed E-state index contributed by atoms with van der Waals surface area (Å²) in [5, 5.41) is 0. The molecule has 0 radical (unpaired) electrons. The molecule has 4 unspecified atom stereocenters. The first-order valence-electron chi connectivity index (χ1n) is 6.01. The second-order valence-electron chi connectivity index (χ2n) is 6.40. The Morgan fingerprint density at radius 3 is 2.00 bits per heavy atom. The monoisotopic (exact) mass is 270 g/mol. The molecule has 1 aliphatic heterocycles. The van der Waals surface area contributed by atoms with Crippen molar-refractivity contribution < 1.29 is 15.2 Å². The van der Waals surface area contributed by atoms with E-state index in [1.54, 1.807) is 0 Å². The Labute approximate surface area is 95.8 Å². The van der Waals surface area contributed by atoms with E-state index in [-0.39, 0.29) is 10.1 Å². The quantitative estimate of drug-likeness (QED) is 0.610. The fourth-order valence-corrected chi connectivity index (χ4v) is 8.47. The lowest BCUT2D eigenvalue weighted by atomic mass is 9.16. The molecule has 0 aromatic carbocycles. The summed E-state index contributed by atoms with van der Waals surface area (Å²) in [5.74, 6) is 4.64. The molecular formula is C11H13BrNO2+. The minimum absolute atomic E-state index is 0.195. The van der Waals surface area contributed by atoms with Crippen LogP contribution in [-0.4, -0.2) is 28.9 Å². The summed E-state index contributed by atoms with van der Waals surface area (Å²) in [5.41, 5.74) is 4.95. The average molecular weight is 271 g/mol. The summed E-state index contributed by atoms with van der Waals surface area (Å²) >= 11 is 4.02. The molecule has 7 fully saturated rings. The largest absolute Gasteiger partial charge is 0.352 e. The van der Waals surface area contributed by atoms with Crippen molar-refractivity contribution in [2.24, 2.45) is 35.5 Å². The molecule has 1 saturated heterocycles. The minimum Gasteiger partial charge on any atom is -0.352 e. The molecule has 0 aromatic rings. The topological polar surface area (TPSA) is 46.1 Å². The Hall–Kier alpha value is 0.360. The Balaban J connectivity index is 1.65. The van der Waals surface area contributed by atoms with E-state index in [0.29, 0.717) is 11.5 Å². The summed E-state index contributed by atoms with van der Waals surface area (Å²) in [6, 6.07) is 0. The zero-order valence-electron chi connectivity index (χ0n) is 8.28. The van der Waals surface area contributed by atoms with Crippen molar-refractivity contribution in [1.82, 2.24) is 0 Å². The third-order valence-corrected chi connectivity index (χ3v) is 8.45. The van der Waals surface area contributed by atoms with E-state index in [1.165, 1.54) is 0 Å². The summed E-state index contributed by atoms with van der Waals surface area (Å²) < 4.78 is 12.3. The van der Waals surface area contributed by atoms with Crippen LogP contribution < -0.4 is 5.73 Å². The number of alkyl halides is 1. The molecule has 6 aliphatic carbocycles. The van der Waals surface area contributed by atoms with Gasteiger partial charge in [-0.3, -0.25) is 0 Å². The molecule has 8 atom stereocenters. The first-order chi connectivity index (χ1) is 7.19. The number of ether oxygens (including phenoxy) is 2. The van der Waals surface area contributed by atoms with Crippen LogP contribution in [0.25, 0.3) is 0 Å². The Morgan fingerprint density at radius 1 is 0.933 bits per heavy atom. The highest BCUT2D eigenvalue weighted by Crippen LogP contribution is 3.00. The molecule has 6 saturated carbocycles. The van der Waals surface area contributed by atoms with Crippen LogP contribution >= 0.6 is 15.9 Å². The standard InChI is InChI=1S/C11H12BrNO2/c12-10-6-3-7(10)5-8(4(6)9(3,5)13)11(10)14-1-2-15-11/h3-8H,1-2,13H2/p+1/t3?,4-,5+,6+,7-,8?,9?,10?. The van der Waals surface area contributed by atoms with E-state index in [1.807, 2.05) is 0 Å². The summed E-state index contributed by atoms with van der Waals surface area (Å²) in [4.78, 5) is 0. The number of hydrogen-bond donors (Lipinski definition) is 1. The van der Waals surface area contributed by atoms with Crippen LogP contribution in [0.15, 0.2) is 0 Å². The van der Waals surface area contributed by atoms with Gasteiger partial charge in [0.2, 0.25) is 0 Å². The van der Waals surface area contributed by atoms with Gasteiger partial charge in [0.1, 0.15) is 5.54 Å². The van der Waals surface area contributed by atoms with Crippen molar-refractivity contribution in [2.45, 2.75) is 15.7 Å². The van der Waals surface area contributed by atoms with Gasteiger partial charge in [-0.05, 0) is 11.8 Å². The third-order valence-electron chi connectivity index (χ3n) is 6.84. The smallest absolute Gasteiger partial charge is 0.188 e. The maximum atomic E-state index is 6.05. The second-order valence-corrected chi connectivity index (χ2v) is 7.71. The van der Waals surface area contributed by atoms with Crippen LogP contribution in [0.5, 0.6) is 0 Å². The molecule has 7 rings (SSSR count). The van der Waals surface area contributed by atoms with E-state index in [4.69, 9.17) is 9.47 Å². The van der Waals surface area contributed by atoms with Gasteiger partial charge in [-0.2, -0.15) is 0 Å². The zero-order valence-corrected chi connectivity index (χ0v) is 9.87. The lowest BCUT2D eigenvalue weighted by Gasteiger charge is -2.87. The molecule has 3 nitrogen and oxygen atoms in total. The first kappa shape index (κ1) is 7.64. The van der Waals surface area contributed by atoms with Crippen molar-refractivity contribution in [3.63, 3.8) is 0 Å². The Morgan fingerprint density at radius 2 is 1.47 bits per heavy atom. The maximum absolute atomic E-state index is 6.05. The lowest BCUT2D eigenvalue weighted by molar-refractivity contribution is -0.663. The fourth-order valence-electron chi connectivity index (χ4n) is 6.84. The molecule has 1 spiro atoms. The van der Waals surface area contributed by atoms with Crippen LogP contribution in [0.3, 0.4) is 0 Å². The molecule has 4 heteroatoms. The van der Waals surface area contributed by atoms with Crippen LogP contribution in [0.4, 0.5) is 0 Å². The summed E-state index contributed by atoms with van der Waals surface area (Å²) in [6.07, 6.45) is 0. The molecule has 2 bridgehead atoms. The summed E-state index contributed by atoms with van der Waals surface area (Å²) in [6.45, 7) is 1.58. The molecule has 1 heterocycles. The molecule has 15 heavy (non-hydrogen) atoms.